The SMILES string of the molecule is CCCNC(C)Cc1nc(CC)no1. The third-order valence-electron chi connectivity index (χ3n) is 2.05. The molecule has 1 aromatic heterocycles. The molecule has 1 aromatic rings. The predicted octanol–water partition coefficient (Wildman–Crippen LogP) is 1.56. The van der Waals surface area contributed by atoms with E-state index in [1.165, 1.54) is 0 Å². The first-order valence-corrected chi connectivity index (χ1v) is 5.31. The molecule has 0 saturated heterocycles. The molecule has 1 heterocycles. The molecular weight excluding hydrogens is 178 g/mol. The molecule has 0 radical (unpaired) electrons. The fraction of sp³-hybridized carbons (Fsp3) is 0.800. The van der Waals surface area contributed by atoms with E-state index in [0.717, 1.165) is 37.5 Å². The highest BCUT2D eigenvalue weighted by atomic mass is 16.5. The third kappa shape index (κ3) is 3.46. The monoisotopic (exact) mass is 197 g/mol. The Labute approximate surface area is 85.1 Å². The number of hydrogen-bond donors (Lipinski definition) is 1. The molecule has 0 saturated carbocycles. The normalized spacial score (nSPS) is 13.1. The Kier molecular flexibility index (Phi) is 4.59. The van der Waals surface area contributed by atoms with Crippen LogP contribution in [0.1, 0.15) is 38.9 Å². The Morgan fingerprint density at radius 2 is 2.21 bits per heavy atom. The zero-order valence-corrected chi connectivity index (χ0v) is 9.21. The largest absolute Gasteiger partial charge is 0.339 e. The van der Waals surface area contributed by atoms with Crippen molar-refractivity contribution in [3.8, 4) is 0 Å². The summed E-state index contributed by atoms with van der Waals surface area (Å²) in [5, 5.41) is 7.23. The molecule has 1 N–H and O–H groups in total. The molecule has 0 bridgehead atoms. The number of nitrogens with zero attached hydrogens (tertiary/aromatic N) is 2. The molecule has 4 heteroatoms. The van der Waals surface area contributed by atoms with Gasteiger partial charge in [0.2, 0.25) is 5.89 Å². The lowest BCUT2D eigenvalue weighted by atomic mass is 10.2. The van der Waals surface area contributed by atoms with Crippen LogP contribution in [0, 0.1) is 0 Å². The predicted molar refractivity (Wildman–Crippen MR) is 55.1 cm³/mol. The Hall–Kier alpha value is -0.900. The van der Waals surface area contributed by atoms with E-state index in [0.29, 0.717) is 6.04 Å². The Balaban J connectivity index is 2.35. The van der Waals surface area contributed by atoms with Crippen molar-refractivity contribution < 1.29 is 4.52 Å². The van der Waals surface area contributed by atoms with Crippen LogP contribution in [-0.4, -0.2) is 22.7 Å². The summed E-state index contributed by atoms with van der Waals surface area (Å²) in [4.78, 5) is 4.26. The van der Waals surface area contributed by atoms with Crippen molar-refractivity contribution in [3.05, 3.63) is 11.7 Å². The van der Waals surface area contributed by atoms with E-state index in [2.05, 4.69) is 29.3 Å². The highest BCUT2D eigenvalue weighted by Gasteiger charge is 2.08. The zero-order valence-electron chi connectivity index (χ0n) is 9.21. The van der Waals surface area contributed by atoms with Crippen LogP contribution in [0.5, 0.6) is 0 Å². The number of aromatic nitrogens is 2. The van der Waals surface area contributed by atoms with Gasteiger partial charge in [-0.2, -0.15) is 4.98 Å². The van der Waals surface area contributed by atoms with E-state index in [1.807, 2.05) is 6.92 Å². The van der Waals surface area contributed by atoms with Gasteiger partial charge in [-0.3, -0.25) is 0 Å². The van der Waals surface area contributed by atoms with E-state index in [1.54, 1.807) is 0 Å². The third-order valence-corrected chi connectivity index (χ3v) is 2.05. The van der Waals surface area contributed by atoms with Crippen LogP contribution in [0.4, 0.5) is 0 Å². The van der Waals surface area contributed by atoms with Crippen molar-refractivity contribution in [2.75, 3.05) is 6.54 Å². The molecule has 14 heavy (non-hydrogen) atoms. The molecule has 1 rings (SSSR count). The van der Waals surface area contributed by atoms with Gasteiger partial charge in [-0.15, -0.1) is 0 Å². The average Bonchev–Trinajstić information content (AvgIpc) is 2.62. The quantitative estimate of drug-likeness (QED) is 0.752. The van der Waals surface area contributed by atoms with Crippen molar-refractivity contribution in [1.82, 2.24) is 15.5 Å². The van der Waals surface area contributed by atoms with Crippen LogP contribution >= 0.6 is 0 Å². The molecule has 0 aromatic carbocycles. The smallest absolute Gasteiger partial charge is 0.228 e. The summed E-state index contributed by atoms with van der Waals surface area (Å²) in [6.07, 6.45) is 2.79. The molecule has 0 aliphatic heterocycles. The molecule has 0 fully saturated rings. The topological polar surface area (TPSA) is 51.0 Å². The molecule has 0 aliphatic rings. The summed E-state index contributed by atoms with van der Waals surface area (Å²) >= 11 is 0. The number of rotatable bonds is 6. The van der Waals surface area contributed by atoms with Crippen LogP contribution in [0.3, 0.4) is 0 Å². The van der Waals surface area contributed by atoms with Crippen LogP contribution < -0.4 is 5.32 Å². The van der Waals surface area contributed by atoms with E-state index in [-0.39, 0.29) is 0 Å². The Bertz CT molecular complexity index is 260. The lowest BCUT2D eigenvalue weighted by molar-refractivity contribution is 0.357. The Morgan fingerprint density at radius 1 is 1.43 bits per heavy atom. The van der Waals surface area contributed by atoms with Crippen molar-refractivity contribution in [2.45, 2.75) is 46.1 Å². The molecule has 80 valence electrons. The van der Waals surface area contributed by atoms with Gasteiger partial charge in [0.15, 0.2) is 5.82 Å². The minimum absolute atomic E-state index is 0.403. The van der Waals surface area contributed by atoms with Gasteiger partial charge in [-0.1, -0.05) is 19.0 Å². The number of nitrogens with one attached hydrogen (secondary N) is 1. The number of hydrogen-bond acceptors (Lipinski definition) is 4. The van der Waals surface area contributed by atoms with Crippen molar-refractivity contribution in [3.63, 3.8) is 0 Å². The standard InChI is InChI=1S/C10H19N3O/c1-4-6-11-8(3)7-10-12-9(5-2)13-14-10/h8,11H,4-7H2,1-3H3. The second-order valence-corrected chi connectivity index (χ2v) is 3.52. The molecule has 1 unspecified atom stereocenters. The van der Waals surface area contributed by atoms with Gasteiger partial charge in [0.1, 0.15) is 0 Å². The highest BCUT2D eigenvalue weighted by Crippen LogP contribution is 2.01. The maximum Gasteiger partial charge on any atom is 0.228 e. The molecule has 1 atom stereocenters. The summed E-state index contributed by atoms with van der Waals surface area (Å²) in [5.74, 6) is 1.53. The molecule has 0 aliphatic carbocycles. The van der Waals surface area contributed by atoms with Gasteiger partial charge in [-0.05, 0) is 19.9 Å². The lowest BCUT2D eigenvalue weighted by Gasteiger charge is -2.09. The van der Waals surface area contributed by atoms with Crippen LogP contribution in [-0.2, 0) is 12.8 Å². The summed E-state index contributed by atoms with van der Waals surface area (Å²) in [5.41, 5.74) is 0. The fourth-order valence-corrected chi connectivity index (χ4v) is 1.24. The second kappa shape index (κ2) is 5.75. The van der Waals surface area contributed by atoms with Crippen molar-refractivity contribution in [1.29, 1.82) is 0 Å². The average molecular weight is 197 g/mol. The zero-order chi connectivity index (χ0) is 10.4. The van der Waals surface area contributed by atoms with Gasteiger partial charge in [0.05, 0.1) is 0 Å². The van der Waals surface area contributed by atoms with Crippen LogP contribution in [0.2, 0.25) is 0 Å². The first kappa shape index (κ1) is 11.2. The van der Waals surface area contributed by atoms with Gasteiger partial charge in [0, 0.05) is 18.9 Å². The maximum atomic E-state index is 5.11. The Morgan fingerprint density at radius 3 is 2.79 bits per heavy atom. The van der Waals surface area contributed by atoms with Gasteiger partial charge >= 0.3 is 0 Å². The van der Waals surface area contributed by atoms with E-state index >= 15 is 0 Å². The number of aryl methyl sites for hydroxylation is 1. The minimum Gasteiger partial charge on any atom is -0.339 e. The van der Waals surface area contributed by atoms with E-state index < -0.39 is 0 Å². The van der Waals surface area contributed by atoms with Crippen LogP contribution in [0.25, 0.3) is 0 Å². The molecule has 0 amide bonds. The maximum absolute atomic E-state index is 5.11. The fourth-order valence-electron chi connectivity index (χ4n) is 1.24. The van der Waals surface area contributed by atoms with Gasteiger partial charge in [0.25, 0.3) is 0 Å². The van der Waals surface area contributed by atoms with Gasteiger partial charge < -0.3 is 9.84 Å². The second-order valence-electron chi connectivity index (χ2n) is 3.52. The van der Waals surface area contributed by atoms with Crippen molar-refractivity contribution in [2.24, 2.45) is 0 Å². The summed E-state index contributed by atoms with van der Waals surface area (Å²) in [7, 11) is 0. The summed E-state index contributed by atoms with van der Waals surface area (Å²) < 4.78 is 5.11. The first-order chi connectivity index (χ1) is 6.76. The lowest BCUT2D eigenvalue weighted by Crippen LogP contribution is -2.28. The first-order valence-electron chi connectivity index (χ1n) is 5.31. The van der Waals surface area contributed by atoms with E-state index in [4.69, 9.17) is 4.52 Å². The molecular formula is C10H19N3O. The molecule has 4 nitrogen and oxygen atoms in total. The van der Waals surface area contributed by atoms with Gasteiger partial charge in [-0.25, -0.2) is 0 Å². The minimum atomic E-state index is 0.403. The van der Waals surface area contributed by atoms with Crippen LogP contribution in [0.15, 0.2) is 4.52 Å². The summed E-state index contributed by atoms with van der Waals surface area (Å²) in [6.45, 7) is 7.34. The highest BCUT2D eigenvalue weighted by molar-refractivity contribution is 4.88. The molecule has 0 spiro atoms. The summed E-state index contributed by atoms with van der Waals surface area (Å²) in [6, 6.07) is 0.403. The van der Waals surface area contributed by atoms with E-state index in [9.17, 15) is 0 Å². The van der Waals surface area contributed by atoms with Crippen molar-refractivity contribution >= 4 is 0 Å².